The first-order chi connectivity index (χ1) is 15.4. The Hall–Kier alpha value is -2.92. The van der Waals surface area contributed by atoms with Gasteiger partial charge in [0.1, 0.15) is 0 Å². The molecule has 2 aromatic carbocycles. The minimum Gasteiger partial charge on any atom is -0.478 e. The highest BCUT2D eigenvalue weighted by Gasteiger charge is 2.29. The number of hydrogen-bond acceptors (Lipinski definition) is 3. The fourth-order valence-corrected chi connectivity index (χ4v) is 4.19. The van der Waals surface area contributed by atoms with E-state index in [1.54, 1.807) is 24.3 Å². The fourth-order valence-electron chi connectivity index (χ4n) is 4.19. The lowest BCUT2D eigenvalue weighted by atomic mass is 9.95. The molecule has 0 saturated carbocycles. The molecule has 3 atom stereocenters. The maximum absolute atomic E-state index is 12.4. The molecule has 5 heteroatoms. The fraction of sp³-hybridized carbons (Fsp3) is 0.407. The van der Waals surface area contributed by atoms with Crippen LogP contribution in [0.3, 0.4) is 0 Å². The first-order valence-electron chi connectivity index (χ1n) is 11.5. The molecule has 0 bridgehead atoms. The van der Waals surface area contributed by atoms with E-state index in [2.05, 4.69) is 31.2 Å². The predicted molar refractivity (Wildman–Crippen MR) is 126 cm³/mol. The van der Waals surface area contributed by atoms with E-state index in [1.807, 2.05) is 23.1 Å². The average Bonchev–Trinajstić information content (AvgIpc) is 3.16. The zero-order chi connectivity index (χ0) is 22.9. The summed E-state index contributed by atoms with van der Waals surface area (Å²) in [6, 6.07) is 17.2. The number of aryl methyl sites for hydroxylation is 1. The topological polar surface area (TPSA) is 77.8 Å². The third kappa shape index (κ3) is 6.79. The molecule has 32 heavy (non-hydrogen) atoms. The molecular weight excluding hydrogens is 402 g/mol. The molecule has 1 fully saturated rings. The molecule has 1 saturated heterocycles. The number of rotatable bonds is 11. The number of nitrogens with zero attached hydrogens (tertiary/aromatic N) is 1. The molecule has 1 unspecified atom stereocenters. The van der Waals surface area contributed by atoms with Gasteiger partial charge in [-0.3, -0.25) is 4.79 Å². The van der Waals surface area contributed by atoms with Crippen molar-refractivity contribution in [2.24, 2.45) is 5.92 Å². The van der Waals surface area contributed by atoms with Crippen molar-refractivity contribution in [2.75, 3.05) is 6.54 Å². The number of amides is 1. The minimum atomic E-state index is -0.940. The summed E-state index contributed by atoms with van der Waals surface area (Å²) in [6.07, 6.45) is 8.27. The van der Waals surface area contributed by atoms with Gasteiger partial charge in [0, 0.05) is 13.0 Å². The largest absolute Gasteiger partial charge is 0.478 e. The number of benzene rings is 2. The number of aromatic carboxylic acids is 1. The summed E-state index contributed by atoms with van der Waals surface area (Å²) < 4.78 is 0. The highest BCUT2D eigenvalue weighted by Crippen LogP contribution is 2.22. The molecule has 0 aromatic heterocycles. The van der Waals surface area contributed by atoms with Crippen LogP contribution in [0.1, 0.15) is 54.1 Å². The molecule has 2 N–H and O–H groups in total. The summed E-state index contributed by atoms with van der Waals surface area (Å²) in [5, 5.41) is 19.6. The monoisotopic (exact) mass is 435 g/mol. The van der Waals surface area contributed by atoms with E-state index in [0.717, 1.165) is 31.2 Å². The molecule has 1 aliphatic heterocycles. The van der Waals surface area contributed by atoms with Crippen molar-refractivity contribution < 1.29 is 19.8 Å². The molecular formula is C27H33NO4. The van der Waals surface area contributed by atoms with E-state index in [4.69, 9.17) is 5.11 Å². The van der Waals surface area contributed by atoms with Crippen molar-refractivity contribution in [1.82, 2.24) is 4.90 Å². The van der Waals surface area contributed by atoms with E-state index in [-0.39, 0.29) is 23.4 Å². The smallest absolute Gasteiger partial charge is 0.335 e. The number of carboxylic acids is 1. The summed E-state index contributed by atoms with van der Waals surface area (Å²) in [5.41, 5.74) is 2.59. The minimum absolute atomic E-state index is 0.00645. The van der Waals surface area contributed by atoms with Crippen molar-refractivity contribution in [3.05, 3.63) is 83.4 Å². The van der Waals surface area contributed by atoms with Gasteiger partial charge in [-0.15, -0.1) is 0 Å². The van der Waals surface area contributed by atoms with Crippen molar-refractivity contribution in [2.45, 2.75) is 57.6 Å². The molecule has 0 spiro atoms. The van der Waals surface area contributed by atoms with Gasteiger partial charge in [0.05, 0.1) is 17.7 Å². The van der Waals surface area contributed by atoms with E-state index in [9.17, 15) is 14.7 Å². The maximum Gasteiger partial charge on any atom is 0.335 e. The Kier molecular flexibility index (Phi) is 8.63. The molecule has 0 radical (unpaired) electrons. The third-order valence-electron chi connectivity index (χ3n) is 6.30. The molecule has 5 nitrogen and oxygen atoms in total. The first kappa shape index (κ1) is 23.7. The SMILES string of the molecule is C[C@@H](CCCc1ccccc1)[C@H](O)C=CC1CCC(=O)N1CCc1ccc(C(=O)O)cc1. The van der Waals surface area contributed by atoms with Crippen molar-refractivity contribution >= 4 is 11.9 Å². The third-order valence-corrected chi connectivity index (χ3v) is 6.30. The summed E-state index contributed by atoms with van der Waals surface area (Å²) >= 11 is 0. The number of aliphatic hydroxyl groups excluding tert-OH is 1. The lowest BCUT2D eigenvalue weighted by Crippen LogP contribution is -2.34. The Labute approximate surface area is 190 Å². The molecule has 1 amide bonds. The van der Waals surface area contributed by atoms with Gasteiger partial charge in [-0.25, -0.2) is 4.79 Å². The van der Waals surface area contributed by atoms with Crippen molar-refractivity contribution in [3.63, 3.8) is 0 Å². The first-order valence-corrected chi connectivity index (χ1v) is 11.5. The maximum atomic E-state index is 12.4. The quantitative estimate of drug-likeness (QED) is 0.510. The van der Waals surface area contributed by atoms with Crippen molar-refractivity contribution in [1.29, 1.82) is 0 Å². The Morgan fingerprint density at radius 3 is 2.47 bits per heavy atom. The van der Waals surface area contributed by atoms with E-state index in [0.29, 0.717) is 19.4 Å². The van der Waals surface area contributed by atoms with Crippen LogP contribution in [0.25, 0.3) is 0 Å². The number of carbonyl (C=O) groups excluding carboxylic acids is 1. The standard InChI is InChI=1S/C27H33NO4/c1-20(6-5-9-21-7-3-2-4-8-21)25(29)16-14-24-15-17-26(30)28(24)19-18-22-10-12-23(13-11-22)27(31)32/h2-4,7-8,10-14,16,20,24-25,29H,5-6,9,15,17-19H2,1H3,(H,31,32)/t20-,24?,25+/m0/s1. The summed E-state index contributed by atoms with van der Waals surface area (Å²) in [6.45, 7) is 2.65. The molecule has 3 rings (SSSR count). The second-order valence-corrected chi connectivity index (χ2v) is 8.68. The molecule has 1 aliphatic rings. The van der Waals surface area contributed by atoms with Crippen LogP contribution < -0.4 is 0 Å². The van der Waals surface area contributed by atoms with Crippen LogP contribution >= 0.6 is 0 Å². The second-order valence-electron chi connectivity index (χ2n) is 8.68. The number of carboxylic acid groups (broad SMARTS) is 1. The summed E-state index contributed by atoms with van der Waals surface area (Å²) in [5.74, 6) is -0.648. The van der Waals surface area contributed by atoms with Crippen LogP contribution in [-0.4, -0.2) is 45.7 Å². The van der Waals surface area contributed by atoms with Crippen LogP contribution in [0.5, 0.6) is 0 Å². The van der Waals surface area contributed by atoms with Gasteiger partial charge in [-0.2, -0.15) is 0 Å². The number of hydrogen-bond donors (Lipinski definition) is 2. The summed E-state index contributed by atoms with van der Waals surface area (Å²) in [7, 11) is 0. The number of carbonyl (C=O) groups is 2. The van der Waals surface area contributed by atoms with E-state index < -0.39 is 12.1 Å². The van der Waals surface area contributed by atoms with Crippen LogP contribution in [0, 0.1) is 5.92 Å². The Morgan fingerprint density at radius 1 is 1.09 bits per heavy atom. The van der Waals surface area contributed by atoms with Crippen LogP contribution in [0.15, 0.2) is 66.7 Å². The van der Waals surface area contributed by atoms with Gasteiger partial charge in [0.15, 0.2) is 0 Å². The van der Waals surface area contributed by atoms with Crippen molar-refractivity contribution in [3.8, 4) is 0 Å². The Balaban J connectivity index is 1.47. The number of aliphatic hydroxyl groups is 1. The molecule has 0 aliphatic carbocycles. The van der Waals surface area contributed by atoms with E-state index in [1.165, 1.54) is 5.56 Å². The lowest BCUT2D eigenvalue weighted by molar-refractivity contribution is -0.128. The van der Waals surface area contributed by atoms with Gasteiger partial charge >= 0.3 is 5.97 Å². The van der Waals surface area contributed by atoms with E-state index >= 15 is 0 Å². The highest BCUT2D eigenvalue weighted by atomic mass is 16.4. The van der Waals surface area contributed by atoms with Crippen LogP contribution in [0.4, 0.5) is 0 Å². The van der Waals surface area contributed by atoms with Gasteiger partial charge in [-0.05, 0) is 61.3 Å². The molecule has 2 aromatic rings. The van der Waals surface area contributed by atoms with Gasteiger partial charge in [-0.1, -0.05) is 61.5 Å². The summed E-state index contributed by atoms with van der Waals surface area (Å²) in [4.78, 5) is 25.2. The average molecular weight is 436 g/mol. The van der Waals surface area contributed by atoms with Gasteiger partial charge in [0.25, 0.3) is 0 Å². The van der Waals surface area contributed by atoms with Crippen LogP contribution in [0.2, 0.25) is 0 Å². The number of likely N-dealkylation sites (tertiary alicyclic amines) is 1. The normalized spacial score (nSPS) is 18.2. The predicted octanol–water partition coefficient (Wildman–Crippen LogP) is 4.49. The molecule has 1 heterocycles. The van der Waals surface area contributed by atoms with Gasteiger partial charge < -0.3 is 15.1 Å². The highest BCUT2D eigenvalue weighted by molar-refractivity contribution is 5.87. The Bertz CT molecular complexity index is 907. The lowest BCUT2D eigenvalue weighted by Gasteiger charge is -2.23. The second kappa shape index (κ2) is 11.6. The van der Waals surface area contributed by atoms with Gasteiger partial charge in [0.2, 0.25) is 5.91 Å². The zero-order valence-corrected chi connectivity index (χ0v) is 18.7. The van der Waals surface area contributed by atoms with Crippen LogP contribution in [-0.2, 0) is 17.6 Å². The zero-order valence-electron chi connectivity index (χ0n) is 18.7. The Morgan fingerprint density at radius 2 is 1.78 bits per heavy atom. The molecule has 170 valence electrons.